The number of piperidine rings is 1. The number of urea groups is 1. The lowest BCUT2D eigenvalue weighted by Gasteiger charge is -2.29. The van der Waals surface area contributed by atoms with E-state index < -0.39 is 0 Å². The third-order valence-electron chi connectivity index (χ3n) is 3.69. The second-order valence-electron chi connectivity index (χ2n) is 5.31. The normalized spacial score (nSPS) is 14.7. The fourth-order valence-electron chi connectivity index (χ4n) is 2.55. The number of hydrogen-bond acceptors (Lipinski definition) is 3. The molecule has 5 heteroatoms. The van der Waals surface area contributed by atoms with E-state index in [2.05, 4.69) is 21.6 Å². The highest BCUT2D eigenvalue weighted by Crippen LogP contribution is 2.30. The quantitative estimate of drug-likeness (QED) is 0.876. The van der Waals surface area contributed by atoms with Gasteiger partial charge in [0.05, 0.1) is 12.8 Å². The molecule has 1 aliphatic heterocycles. The number of benzene rings is 1. The van der Waals surface area contributed by atoms with Crippen molar-refractivity contribution in [2.24, 2.45) is 0 Å². The number of carbonyl (C=O) groups is 1. The van der Waals surface area contributed by atoms with Gasteiger partial charge in [-0.1, -0.05) is 6.92 Å². The molecule has 0 aromatic heterocycles. The molecule has 0 radical (unpaired) electrons. The smallest absolute Gasteiger partial charge is 0.319 e. The summed E-state index contributed by atoms with van der Waals surface area (Å²) in [5.74, 6) is 0.683. The van der Waals surface area contributed by atoms with Crippen LogP contribution in [-0.2, 0) is 0 Å². The summed E-state index contributed by atoms with van der Waals surface area (Å²) in [6, 6.07) is 5.78. The standard InChI is InChI=1S/C16H25N3O2/c1-3-9-17-16(20)18-14-12-13(7-8-15(14)21-2)19-10-5-4-6-11-19/h7-8,12H,3-6,9-11H2,1-2H3,(H2,17,18,20). The molecule has 0 saturated carbocycles. The minimum Gasteiger partial charge on any atom is -0.495 e. The van der Waals surface area contributed by atoms with E-state index in [0.717, 1.165) is 25.2 Å². The zero-order valence-electron chi connectivity index (χ0n) is 12.9. The summed E-state index contributed by atoms with van der Waals surface area (Å²) in [6.45, 7) is 4.85. The molecule has 0 unspecified atom stereocenters. The predicted molar refractivity (Wildman–Crippen MR) is 86.4 cm³/mol. The Bertz CT molecular complexity index is 471. The highest BCUT2D eigenvalue weighted by molar-refractivity contribution is 5.91. The monoisotopic (exact) mass is 291 g/mol. The molecule has 116 valence electrons. The minimum atomic E-state index is -0.189. The Morgan fingerprint density at radius 3 is 2.71 bits per heavy atom. The van der Waals surface area contributed by atoms with Gasteiger partial charge in [0.2, 0.25) is 0 Å². The van der Waals surface area contributed by atoms with E-state index in [1.165, 1.54) is 19.3 Å². The van der Waals surface area contributed by atoms with E-state index in [1.54, 1.807) is 7.11 Å². The van der Waals surface area contributed by atoms with Gasteiger partial charge >= 0.3 is 6.03 Å². The summed E-state index contributed by atoms with van der Waals surface area (Å²) in [5, 5.41) is 5.69. The van der Waals surface area contributed by atoms with E-state index in [0.29, 0.717) is 18.0 Å². The van der Waals surface area contributed by atoms with Crippen LogP contribution in [0.15, 0.2) is 18.2 Å². The Labute approximate surface area is 126 Å². The van der Waals surface area contributed by atoms with Gasteiger partial charge in [0, 0.05) is 25.3 Å². The summed E-state index contributed by atoms with van der Waals surface area (Å²) in [5.41, 5.74) is 1.86. The van der Waals surface area contributed by atoms with Crippen molar-refractivity contribution in [1.82, 2.24) is 5.32 Å². The maximum atomic E-state index is 11.8. The number of methoxy groups -OCH3 is 1. The largest absolute Gasteiger partial charge is 0.495 e. The fraction of sp³-hybridized carbons (Fsp3) is 0.562. The van der Waals surface area contributed by atoms with Gasteiger partial charge in [-0.3, -0.25) is 0 Å². The lowest BCUT2D eigenvalue weighted by molar-refractivity contribution is 0.252. The average Bonchev–Trinajstić information content (AvgIpc) is 2.53. The van der Waals surface area contributed by atoms with Gasteiger partial charge in [-0.2, -0.15) is 0 Å². The summed E-state index contributed by atoms with van der Waals surface area (Å²) >= 11 is 0. The lowest BCUT2D eigenvalue weighted by atomic mass is 10.1. The number of anilines is 2. The molecule has 1 fully saturated rings. The Hall–Kier alpha value is -1.91. The van der Waals surface area contributed by atoms with Crippen LogP contribution in [0.1, 0.15) is 32.6 Å². The molecule has 1 aromatic carbocycles. The SMILES string of the molecule is CCCNC(=O)Nc1cc(N2CCCCC2)ccc1OC. The maximum absolute atomic E-state index is 11.8. The molecule has 0 spiro atoms. The van der Waals surface area contributed by atoms with Gasteiger partial charge in [-0.05, 0) is 43.9 Å². The van der Waals surface area contributed by atoms with E-state index in [-0.39, 0.29) is 6.03 Å². The first-order valence-corrected chi connectivity index (χ1v) is 7.72. The Balaban J connectivity index is 2.11. The highest BCUT2D eigenvalue weighted by Gasteiger charge is 2.14. The van der Waals surface area contributed by atoms with E-state index in [9.17, 15) is 4.79 Å². The van der Waals surface area contributed by atoms with Crippen LogP contribution in [0.5, 0.6) is 5.75 Å². The van der Waals surface area contributed by atoms with Gasteiger partial charge in [-0.25, -0.2) is 4.79 Å². The second kappa shape index (κ2) is 7.76. The Morgan fingerprint density at radius 2 is 2.05 bits per heavy atom. The maximum Gasteiger partial charge on any atom is 0.319 e. The number of rotatable bonds is 5. The van der Waals surface area contributed by atoms with Crippen molar-refractivity contribution in [1.29, 1.82) is 0 Å². The Morgan fingerprint density at radius 1 is 1.29 bits per heavy atom. The van der Waals surface area contributed by atoms with Crippen LogP contribution >= 0.6 is 0 Å². The number of carbonyl (C=O) groups excluding carboxylic acids is 1. The highest BCUT2D eigenvalue weighted by atomic mass is 16.5. The molecule has 0 bridgehead atoms. The van der Waals surface area contributed by atoms with Crippen molar-refractivity contribution in [2.45, 2.75) is 32.6 Å². The van der Waals surface area contributed by atoms with Gasteiger partial charge in [-0.15, -0.1) is 0 Å². The molecule has 1 aromatic rings. The third kappa shape index (κ3) is 4.28. The summed E-state index contributed by atoms with van der Waals surface area (Å²) in [7, 11) is 1.62. The second-order valence-corrected chi connectivity index (χ2v) is 5.31. The molecule has 2 rings (SSSR count). The molecule has 1 heterocycles. The molecule has 2 N–H and O–H groups in total. The molecule has 2 amide bonds. The first-order valence-electron chi connectivity index (χ1n) is 7.72. The zero-order chi connectivity index (χ0) is 15.1. The van der Waals surface area contributed by atoms with Crippen molar-refractivity contribution >= 4 is 17.4 Å². The van der Waals surface area contributed by atoms with Crippen molar-refractivity contribution in [3.63, 3.8) is 0 Å². The van der Waals surface area contributed by atoms with Gasteiger partial charge in [0.15, 0.2) is 0 Å². The fourth-order valence-corrected chi connectivity index (χ4v) is 2.55. The summed E-state index contributed by atoms with van der Waals surface area (Å²) in [4.78, 5) is 14.2. The van der Waals surface area contributed by atoms with E-state index in [4.69, 9.17) is 4.74 Å². The molecular weight excluding hydrogens is 266 g/mol. The van der Waals surface area contributed by atoms with Gasteiger partial charge in [0.25, 0.3) is 0 Å². The molecule has 5 nitrogen and oxygen atoms in total. The molecule has 21 heavy (non-hydrogen) atoms. The molecular formula is C16H25N3O2. The summed E-state index contributed by atoms with van der Waals surface area (Å²) in [6.07, 6.45) is 4.67. The van der Waals surface area contributed by atoms with Crippen LogP contribution in [0.2, 0.25) is 0 Å². The first kappa shape index (κ1) is 15.5. The number of amides is 2. The summed E-state index contributed by atoms with van der Waals surface area (Å²) < 4.78 is 5.33. The topological polar surface area (TPSA) is 53.6 Å². The molecule has 1 saturated heterocycles. The zero-order valence-corrected chi connectivity index (χ0v) is 12.9. The van der Waals surface area contributed by atoms with Crippen LogP contribution in [-0.4, -0.2) is 32.8 Å². The number of nitrogens with zero attached hydrogens (tertiary/aromatic N) is 1. The van der Waals surface area contributed by atoms with Crippen LogP contribution < -0.4 is 20.3 Å². The number of ether oxygens (including phenoxy) is 1. The first-order chi connectivity index (χ1) is 10.2. The van der Waals surface area contributed by atoms with E-state index in [1.807, 2.05) is 19.1 Å². The van der Waals surface area contributed by atoms with Crippen LogP contribution in [0.4, 0.5) is 16.2 Å². The van der Waals surface area contributed by atoms with Crippen molar-refractivity contribution in [3.05, 3.63) is 18.2 Å². The van der Waals surface area contributed by atoms with Crippen LogP contribution in [0.25, 0.3) is 0 Å². The van der Waals surface area contributed by atoms with Crippen molar-refractivity contribution in [2.75, 3.05) is 37.0 Å². The van der Waals surface area contributed by atoms with Crippen LogP contribution in [0.3, 0.4) is 0 Å². The van der Waals surface area contributed by atoms with Crippen LogP contribution in [0, 0.1) is 0 Å². The molecule has 1 aliphatic rings. The molecule has 0 atom stereocenters. The number of nitrogens with one attached hydrogen (secondary N) is 2. The minimum absolute atomic E-state index is 0.189. The lowest BCUT2D eigenvalue weighted by Crippen LogP contribution is -2.30. The van der Waals surface area contributed by atoms with Gasteiger partial charge in [0.1, 0.15) is 5.75 Å². The predicted octanol–water partition coefficient (Wildman–Crippen LogP) is 3.22. The van der Waals surface area contributed by atoms with Gasteiger partial charge < -0.3 is 20.3 Å². The molecule has 0 aliphatic carbocycles. The average molecular weight is 291 g/mol. The van der Waals surface area contributed by atoms with Crippen molar-refractivity contribution < 1.29 is 9.53 Å². The Kier molecular flexibility index (Phi) is 5.72. The number of hydrogen-bond donors (Lipinski definition) is 2. The third-order valence-corrected chi connectivity index (χ3v) is 3.69. The van der Waals surface area contributed by atoms with E-state index >= 15 is 0 Å². The van der Waals surface area contributed by atoms with Crippen molar-refractivity contribution in [3.8, 4) is 5.75 Å².